The minimum absolute atomic E-state index is 0.471. The molecule has 1 rings (SSSR count). The van der Waals surface area contributed by atoms with Crippen molar-refractivity contribution in [2.75, 3.05) is 33.2 Å². The Bertz CT molecular complexity index is 270. The number of hydrogen-bond acceptors (Lipinski definition) is 4. The average molecular weight is 223 g/mol. The summed E-state index contributed by atoms with van der Waals surface area (Å²) in [6.07, 6.45) is -1.04. The van der Waals surface area contributed by atoms with Gasteiger partial charge in [-0.3, -0.25) is 0 Å². The van der Waals surface area contributed by atoms with Crippen LogP contribution in [-0.2, 0) is 10.2 Å². The highest BCUT2D eigenvalue weighted by Gasteiger charge is 2.26. The molecule has 0 aromatic carbocycles. The Hall–Kier alpha value is -0.210. The highest BCUT2D eigenvalue weighted by atomic mass is 32.2. The van der Waals surface area contributed by atoms with Crippen LogP contribution in [0.15, 0.2) is 0 Å². The van der Waals surface area contributed by atoms with Crippen LogP contribution in [0.4, 0.5) is 0 Å². The monoisotopic (exact) mass is 223 g/mol. The molecule has 0 spiro atoms. The predicted octanol–water partition coefficient (Wildman–Crippen LogP) is -1.59. The van der Waals surface area contributed by atoms with E-state index in [2.05, 4.69) is 9.62 Å². The molecule has 0 bridgehead atoms. The number of aliphatic hydroxyl groups excluding tert-OH is 1. The van der Waals surface area contributed by atoms with Crippen LogP contribution in [-0.4, -0.2) is 62.2 Å². The molecular weight excluding hydrogens is 206 g/mol. The summed E-state index contributed by atoms with van der Waals surface area (Å²) in [6, 6.07) is 0. The molecular formula is C7H17N3O3S. The Morgan fingerprint density at radius 1 is 1.29 bits per heavy atom. The van der Waals surface area contributed by atoms with E-state index < -0.39 is 16.4 Å². The van der Waals surface area contributed by atoms with Gasteiger partial charge < -0.3 is 10.0 Å². The van der Waals surface area contributed by atoms with E-state index in [1.165, 1.54) is 11.2 Å². The highest BCUT2D eigenvalue weighted by molar-refractivity contribution is 7.87. The van der Waals surface area contributed by atoms with Crippen molar-refractivity contribution in [2.24, 2.45) is 0 Å². The van der Waals surface area contributed by atoms with Crippen LogP contribution in [0.3, 0.4) is 0 Å². The van der Waals surface area contributed by atoms with Crippen molar-refractivity contribution in [3.63, 3.8) is 0 Å². The first-order chi connectivity index (χ1) is 6.42. The maximum atomic E-state index is 11.5. The zero-order valence-corrected chi connectivity index (χ0v) is 9.29. The minimum atomic E-state index is -3.50. The van der Waals surface area contributed by atoms with Crippen LogP contribution in [0, 0.1) is 0 Å². The van der Waals surface area contributed by atoms with Crippen molar-refractivity contribution in [3.8, 4) is 0 Å². The number of rotatable bonds is 3. The fourth-order valence-corrected chi connectivity index (χ4v) is 2.54. The zero-order valence-electron chi connectivity index (χ0n) is 8.47. The summed E-state index contributed by atoms with van der Waals surface area (Å²) in [4.78, 5) is 2.06. The van der Waals surface area contributed by atoms with Crippen molar-refractivity contribution in [1.82, 2.24) is 13.9 Å². The standard InChI is InChI=1S/C7H17N3O3S/c1-7(11)8-14(12,13)10-5-3-9(2)4-6-10/h7-8,11H,3-6H2,1-2H3. The highest BCUT2D eigenvalue weighted by Crippen LogP contribution is 2.04. The summed E-state index contributed by atoms with van der Waals surface area (Å²) >= 11 is 0. The Balaban J connectivity index is 2.56. The van der Waals surface area contributed by atoms with Crippen LogP contribution >= 0.6 is 0 Å². The maximum absolute atomic E-state index is 11.5. The molecule has 1 heterocycles. The number of likely N-dealkylation sites (N-methyl/N-ethyl adjacent to an activating group) is 1. The van der Waals surface area contributed by atoms with E-state index in [1.54, 1.807) is 0 Å². The smallest absolute Gasteiger partial charge is 0.281 e. The van der Waals surface area contributed by atoms with Gasteiger partial charge in [-0.15, -0.1) is 0 Å². The number of nitrogens with one attached hydrogen (secondary N) is 1. The summed E-state index contributed by atoms with van der Waals surface area (Å²) in [7, 11) is -1.55. The first kappa shape index (κ1) is 11.9. The normalized spacial score (nSPS) is 23.6. The maximum Gasteiger partial charge on any atom is 0.281 e. The SMILES string of the molecule is CC(O)NS(=O)(=O)N1CCN(C)CC1. The fraction of sp³-hybridized carbons (Fsp3) is 1.00. The number of nitrogens with zero attached hydrogens (tertiary/aromatic N) is 2. The molecule has 6 nitrogen and oxygen atoms in total. The Morgan fingerprint density at radius 3 is 2.21 bits per heavy atom. The minimum Gasteiger partial charge on any atom is -0.378 e. The summed E-state index contributed by atoms with van der Waals surface area (Å²) in [5.74, 6) is 0. The van der Waals surface area contributed by atoms with Gasteiger partial charge in [-0.1, -0.05) is 0 Å². The first-order valence-electron chi connectivity index (χ1n) is 4.56. The number of hydrogen-bond donors (Lipinski definition) is 2. The Morgan fingerprint density at radius 2 is 1.79 bits per heavy atom. The quantitative estimate of drug-likeness (QED) is 0.566. The van der Waals surface area contributed by atoms with Gasteiger partial charge in [0, 0.05) is 26.2 Å². The van der Waals surface area contributed by atoms with Gasteiger partial charge in [0.2, 0.25) is 0 Å². The third-order valence-electron chi connectivity index (χ3n) is 2.12. The summed E-state index contributed by atoms with van der Waals surface area (Å²) in [5.41, 5.74) is 0. The zero-order chi connectivity index (χ0) is 10.8. The molecule has 1 saturated heterocycles. The summed E-state index contributed by atoms with van der Waals surface area (Å²) in [5, 5.41) is 8.94. The van der Waals surface area contributed by atoms with E-state index in [1.807, 2.05) is 7.05 Å². The Kier molecular flexibility index (Phi) is 3.85. The van der Waals surface area contributed by atoms with Crippen molar-refractivity contribution >= 4 is 10.2 Å². The molecule has 2 N–H and O–H groups in total. The van der Waals surface area contributed by atoms with Gasteiger partial charge in [0.05, 0.1) is 0 Å². The second-order valence-corrected chi connectivity index (χ2v) is 5.20. The Labute approximate surface area is 84.7 Å². The molecule has 0 amide bonds. The summed E-state index contributed by atoms with van der Waals surface area (Å²) < 4.78 is 26.6. The molecule has 1 fully saturated rings. The van der Waals surface area contributed by atoms with Gasteiger partial charge >= 0.3 is 0 Å². The van der Waals surface area contributed by atoms with Crippen molar-refractivity contribution < 1.29 is 13.5 Å². The van der Waals surface area contributed by atoms with E-state index in [0.717, 1.165) is 13.1 Å². The van der Waals surface area contributed by atoms with Gasteiger partial charge in [0.15, 0.2) is 0 Å². The fourth-order valence-electron chi connectivity index (χ4n) is 1.32. The van der Waals surface area contributed by atoms with Crippen LogP contribution in [0.2, 0.25) is 0 Å². The van der Waals surface area contributed by atoms with E-state index in [-0.39, 0.29) is 0 Å². The predicted molar refractivity (Wildman–Crippen MR) is 52.8 cm³/mol. The number of piperazine rings is 1. The second-order valence-electron chi connectivity index (χ2n) is 3.50. The van der Waals surface area contributed by atoms with E-state index in [4.69, 9.17) is 5.11 Å². The second kappa shape index (κ2) is 4.54. The average Bonchev–Trinajstić information content (AvgIpc) is 2.02. The van der Waals surface area contributed by atoms with Crippen LogP contribution < -0.4 is 4.72 Å². The molecule has 0 radical (unpaired) electrons. The molecule has 1 atom stereocenters. The molecule has 1 unspecified atom stereocenters. The molecule has 7 heteroatoms. The molecule has 0 saturated carbocycles. The molecule has 84 valence electrons. The van der Waals surface area contributed by atoms with E-state index >= 15 is 0 Å². The van der Waals surface area contributed by atoms with Crippen LogP contribution in [0.1, 0.15) is 6.92 Å². The molecule has 0 aromatic heterocycles. The topological polar surface area (TPSA) is 72.9 Å². The summed E-state index contributed by atoms with van der Waals surface area (Å²) in [6.45, 7) is 3.77. The van der Waals surface area contributed by atoms with Gasteiger partial charge in [-0.25, -0.2) is 0 Å². The van der Waals surface area contributed by atoms with Gasteiger partial charge in [-0.2, -0.15) is 17.4 Å². The lowest BCUT2D eigenvalue weighted by atomic mass is 10.4. The van der Waals surface area contributed by atoms with Crippen molar-refractivity contribution in [2.45, 2.75) is 13.2 Å². The lowest BCUT2D eigenvalue weighted by Gasteiger charge is -2.31. The lowest BCUT2D eigenvalue weighted by molar-refractivity contribution is 0.174. The molecule has 14 heavy (non-hydrogen) atoms. The van der Waals surface area contributed by atoms with E-state index in [0.29, 0.717) is 13.1 Å². The molecule has 1 aliphatic rings. The van der Waals surface area contributed by atoms with Gasteiger partial charge in [0.1, 0.15) is 6.23 Å². The van der Waals surface area contributed by atoms with Gasteiger partial charge in [0.25, 0.3) is 10.2 Å². The molecule has 0 aliphatic carbocycles. The third-order valence-corrected chi connectivity index (χ3v) is 3.81. The molecule has 1 aliphatic heterocycles. The third kappa shape index (κ3) is 3.18. The van der Waals surface area contributed by atoms with Crippen LogP contribution in [0.5, 0.6) is 0 Å². The van der Waals surface area contributed by atoms with Gasteiger partial charge in [-0.05, 0) is 14.0 Å². The number of aliphatic hydroxyl groups is 1. The largest absolute Gasteiger partial charge is 0.378 e. The van der Waals surface area contributed by atoms with Crippen molar-refractivity contribution in [1.29, 1.82) is 0 Å². The van der Waals surface area contributed by atoms with Crippen LogP contribution in [0.25, 0.3) is 0 Å². The van der Waals surface area contributed by atoms with E-state index in [9.17, 15) is 8.42 Å². The lowest BCUT2D eigenvalue weighted by Crippen LogP contribution is -2.52. The molecule has 0 aromatic rings. The first-order valence-corrected chi connectivity index (χ1v) is 6.00. The van der Waals surface area contributed by atoms with Crippen molar-refractivity contribution in [3.05, 3.63) is 0 Å².